The minimum Gasteiger partial charge on any atom is -0.454 e. The molecule has 2 aliphatic rings. The molecule has 0 aromatic heterocycles. The van der Waals surface area contributed by atoms with Crippen LogP contribution in [0.15, 0.2) is 18.2 Å². The molecule has 1 aromatic carbocycles. The summed E-state index contributed by atoms with van der Waals surface area (Å²) >= 11 is 0. The molecular formula is C16H14N2O8. The number of rotatable bonds is 5. The number of imide groups is 1. The lowest BCUT2D eigenvalue weighted by Gasteiger charge is -2.12. The molecular weight excluding hydrogens is 348 g/mol. The molecule has 1 fully saturated rings. The van der Waals surface area contributed by atoms with Crippen LogP contribution in [0, 0.1) is 10.1 Å². The number of ether oxygens (including phenoxy) is 3. The summed E-state index contributed by atoms with van der Waals surface area (Å²) in [5.41, 5.74) is -0.144. The maximum Gasteiger partial charge on any atom is 0.331 e. The van der Waals surface area contributed by atoms with Crippen LogP contribution in [0.4, 0.5) is 5.69 Å². The van der Waals surface area contributed by atoms with Gasteiger partial charge in [-0.1, -0.05) is 0 Å². The minimum absolute atomic E-state index is 0.0426. The molecule has 1 aromatic rings. The Morgan fingerprint density at radius 3 is 2.69 bits per heavy atom. The molecule has 2 amide bonds. The van der Waals surface area contributed by atoms with Crippen molar-refractivity contribution in [2.75, 3.05) is 19.9 Å². The predicted molar refractivity (Wildman–Crippen MR) is 85.2 cm³/mol. The van der Waals surface area contributed by atoms with Crippen LogP contribution in [0.2, 0.25) is 0 Å². The normalized spacial score (nSPS) is 15.5. The van der Waals surface area contributed by atoms with Crippen molar-refractivity contribution >= 4 is 29.5 Å². The van der Waals surface area contributed by atoms with E-state index in [-0.39, 0.29) is 29.7 Å². The van der Waals surface area contributed by atoms with Gasteiger partial charge in [0.2, 0.25) is 12.7 Å². The minimum atomic E-state index is -0.864. The van der Waals surface area contributed by atoms with E-state index in [0.717, 1.165) is 11.0 Å². The number of nitro groups is 1. The van der Waals surface area contributed by atoms with Crippen molar-refractivity contribution in [1.29, 1.82) is 0 Å². The molecule has 26 heavy (non-hydrogen) atoms. The Hall–Kier alpha value is -3.43. The van der Waals surface area contributed by atoms with E-state index in [0.29, 0.717) is 25.1 Å². The van der Waals surface area contributed by atoms with Gasteiger partial charge in [0, 0.05) is 19.0 Å². The standard InChI is InChI=1S/C16H14N2O8/c19-14-2-1-5-17(14)15(20)8-24-16(21)4-3-10-6-12-13(26-9-25-12)7-11(10)18(22)23/h3-4,6-7H,1-2,5,8-9H2/b4-3+. The highest BCUT2D eigenvalue weighted by atomic mass is 16.7. The molecule has 1 saturated heterocycles. The summed E-state index contributed by atoms with van der Waals surface area (Å²) in [6, 6.07) is 2.58. The van der Waals surface area contributed by atoms with Crippen LogP contribution >= 0.6 is 0 Å². The fourth-order valence-corrected chi connectivity index (χ4v) is 2.57. The van der Waals surface area contributed by atoms with E-state index >= 15 is 0 Å². The van der Waals surface area contributed by atoms with E-state index in [1.165, 1.54) is 18.2 Å². The Balaban J connectivity index is 1.64. The van der Waals surface area contributed by atoms with Crippen LogP contribution in [0.3, 0.4) is 0 Å². The van der Waals surface area contributed by atoms with Gasteiger partial charge >= 0.3 is 5.97 Å². The average molecular weight is 362 g/mol. The maximum absolute atomic E-state index is 11.8. The second kappa shape index (κ2) is 7.21. The van der Waals surface area contributed by atoms with Gasteiger partial charge in [0.05, 0.1) is 16.6 Å². The van der Waals surface area contributed by atoms with Crippen molar-refractivity contribution < 1.29 is 33.5 Å². The summed E-state index contributed by atoms with van der Waals surface area (Å²) in [5, 5.41) is 11.1. The molecule has 3 rings (SSSR count). The number of amides is 2. The first-order chi connectivity index (χ1) is 12.5. The quantitative estimate of drug-likeness (QED) is 0.329. The fourth-order valence-electron chi connectivity index (χ4n) is 2.57. The molecule has 0 atom stereocenters. The third-order valence-corrected chi connectivity index (χ3v) is 3.83. The average Bonchev–Trinajstić information content (AvgIpc) is 3.24. The Morgan fingerprint density at radius 1 is 1.31 bits per heavy atom. The number of hydrogen-bond acceptors (Lipinski definition) is 8. The molecule has 0 N–H and O–H groups in total. The molecule has 0 aliphatic carbocycles. The lowest BCUT2D eigenvalue weighted by molar-refractivity contribution is -0.385. The van der Waals surface area contributed by atoms with Crippen LogP contribution in [0.25, 0.3) is 6.08 Å². The summed E-state index contributed by atoms with van der Waals surface area (Å²) in [6.07, 6.45) is 3.04. The lowest BCUT2D eigenvalue weighted by Crippen LogP contribution is -2.35. The highest BCUT2D eigenvalue weighted by molar-refractivity contribution is 5.98. The molecule has 0 unspecified atom stereocenters. The van der Waals surface area contributed by atoms with Crippen molar-refractivity contribution in [3.8, 4) is 11.5 Å². The largest absolute Gasteiger partial charge is 0.454 e. The maximum atomic E-state index is 11.8. The van der Waals surface area contributed by atoms with Gasteiger partial charge in [0.25, 0.3) is 11.6 Å². The number of likely N-dealkylation sites (tertiary alicyclic amines) is 1. The van der Waals surface area contributed by atoms with Gasteiger partial charge in [-0.15, -0.1) is 0 Å². The topological polar surface area (TPSA) is 125 Å². The molecule has 0 radical (unpaired) electrons. The molecule has 0 spiro atoms. The summed E-state index contributed by atoms with van der Waals surface area (Å²) in [5.74, 6) is -1.18. The van der Waals surface area contributed by atoms with Crippen molar-refractivity contribution in [1.82, 2.24) is 4.90 Å². The van der Waals surface area contributed by atoms with Gasteiger partial charge in [-0.2, -0.15) is 0 Å². The number of esters is 1. The molecule has 10 nitrogen and oxygen atoms in total. The van der Waals surface area contributed by atoms with Crippen LogP contribution < -0.4 is 9.47 Å². The molecule has 0 bridgehead atoms. The summed E-state index contributed by atoms with van der Waals surface area (Å²) in [7, 11) is 0. The second-order valence-electron chi connectivity index (χ2n) is 5.51. The molecule has 2 aliphatic heterocycles. The second-order valence-corrected chi connectivity index (χ2v) is 5.51. The van der Waals surface area contributed by atoms with E-state index in [4.69, 9.17) is 14.2 Å². The first kappa shape index (κ1) is 17.4. The number of carbonyl (C=O) groups is 3. The summed E-state index contributed by atoms with van der Waals surface area (Å²) in [4.78, 5) is 46.5. The molecule has 0 saturated carbocycles. The van der Waals surface area contributed by atoms with E-state index < -0.39 is 23.4 Å². The highest BCUT2D eigenvalue weighted by Gasteiger charge is 2.27. The smallest absolute Gasteiger partial charge is 0.331 e. The van der Waals surface area contributed by atoms with Crippen LogP contribution in [0.1, 0.15) is 18.4 Å². The van der Waals surface area contributed by atoms with E-state index in [1.807, 2.05) is 0 Å². The monoisotopic (exact) mass is 362 g/mol. The Labute approximate surface area is 147 Å². The predicted octanol–water partition coefficient (Wildman–Crippen LogP) is 1.03. The zero-order valence-electron chi connectivity index (χ0n) is 13.5. The first-order valence-corrected chi connectivity index (χ1v) is 7.72. The number of nitrogens with zero attached hydrogens (tertiary/aromatic N) is 2. The van der Waals surface area contributed by atoms with Crippen LogP contribution in [0.5, 0.6) is 11.5 Å². The Kier molecular flexibility index (Phi) is 4.83. The molecule has 10 heteroatoms. The molecule has 2 heterocycles. The zero-order valence-corrected chi connectivity index (χ0v) is 13.5. The van der Waals surface area contributed by atoms with Crippen molar-refractivity contribution in [3.63, 3.8) is 0 Å². The van der Waals surface area contributed by atoms with Crippen molar-refractivity contribution in [2.45, 2.75) is 12.8 Å². The Bertz CT molecular complexity index is 817. The van der Waals surface area contributed by atoms with Crippen LogP contribution in [-0.2, 0) is 19.1 Å². The Morgan fingerprint density at radius 2 is 2.04 bits per heavy atom. The first-order valence-electron chi connectivity index (χ1n) is 7.72. The highest BCUT2D eigenvalue weighted by Crippen LogP contribution is 2.38. The number of hydrogen-bond donors (Lipinski definition) is 0. The van der Waals surface area contributed by atoms with Gasteiger partial charge in [-0.05, 0) is 18.6 Å². The van der Waals surface area contributed by atoms with E-state index in [1.54, 1.807) is 0 Å². The van der Waals surface area contributed by atoms with Crippen LogP contribution in [-0.4, -0.2) is 47.6 Å². The number of nitro benzene ring substituents is 1. The summed E-state index contributed by atoms with van der Waals surface area (Å²) in [6.45, 7) is -0.300. The van der Waals surface area contributed by atoms with Crippen molar-refractivity contribution in [2.24, 2.45) is 0 Å². The van der Waals surface area contributed by atoms with Crippen molar-refractivity contribution in [3.05, 3.63) is 33.9 Å². The zero-order chi connectivity index (χ0) is 18.7. The molecule has 136 valence electrons. The summed E-state index contributed by atoms with van der Waals surface area (Å²) < 4.78 is 15.0. The SMILES string of the molecule is O=C(/C=C/c1cc2c(cc1[N+](=O)[O-])OCO2)OCC(=O)N1CCCC1=O. The number of fused-ring (bicyclic) bond motifs is 1. The van der Waals surface area contributed by atoms with Gasteiger partial charge in [0.15, 0.2) is 18.1 Å². The van der Waals surface area contributed by atoms with Gasteiger partial charge in [-0.3, -0.25) is 24.6 Å². The van der Waals surface area contributed by atoms with E-state index in [9.17, 15) is 24.5 Å². The third-order valence-electron chi connectivity index (χ3n) is 3.83. The van der Waals surface area contributed by atoms with Gasteiger partial charge < -0.3 is 14.2 Å². The fraction of sp³-hybridized carbons (Fsp3) is 0.312. The number of benzene rings is 1. The van der Waals surface area contributed by atoms with Gasteiger partial charge in [0.1, 0.15) is 0 Å². The number of carbonyl (C=O) groups excluding carboxylic acids is 3. The van der Waals surface area contributed by atoms with E-state index in [2.05, 4.69) is 0 Å². The third kappa shape index (κ3) is 3.63. The lowest BCUT2D eigenvalue weighted by atomic mass is 10.1. The van der Waals surface area contributed by atoms with Gasteiger partial charge in [-0.25, -0.2) is 4.79 Å².